The maximum atomic E-state index is 8.03. The molecule has 8 aromatic rings. The van der Waals surface area contributed by atoms with Crippen molar-refractivity contribution in [2.24, 2.45) is 4.99 Å². The highest BCUT2D eigenvalue weighted by Crippen LogP contribution is 2.39. The number of nitrogens with zero attached hydrogens (tertiary/aromatic N) is 3. The second kappa shape index (κ2) is 10.7. The van der Waals surface area contributed by atoms with Crippen molar-refractivity contribution in [3.63, 3.8) is 0 Å². The molecule has 0 saturated carbocycles. The van der Waals surface area contributed by atoms with Crippen molar-refractivity contribution in [3.05, 3.63) is 163 Å². The lowest BCUT2D eigenvalue weighted by Crippen LogP contribution is -1.96. The van der Waals surface area contributed by atoms with Crippen LogP contribution in [0.3, 0.4) is 0 Å². The Labute approximate surface area is 255 Å². The van der Waals surface area contributed by atoms with Gasteiger partial charge in [0.1, 0.15) is 0 Å². The first-order valence-corrected chi connectivity index (χ1v) is 14.7. The van der Waals surface area contributed by atoms with Crippen LogP contribution in [0.25, 0.3) is 60.6 Å². The number of allylic oxidation sites excluding steroid dienone is 1. The number of hydrogen-bond donors (Lipinski definition) is 1. The Morgan fingerprint density at radius 2 is 1.02 bits per heavy atom. The van der Waals surface area contributed by atoms with Crippen LogP contribution in [0.2, 0.25) is 0 Å². The van der Waals surface area contributed by atoms with Crippen LogP contribution in [0.15, 0.2) is 157 Å². The minimum Gasteiger partial charge on any atom is -0.309 e. The molecule has 0 saturated heterocycles. The minimum absolute atomic E-state index is 0.750. The maximum absolute atomic E-state index is 8.03. The van der Waals surface area contributed by atoms with Gasteiger partial charge in [0, 0.05) is 57.1 Å². The van der Waals surface area contributed by atoms with Crippen molar-refractivity contribution in [2.45, 2.75) is 0 Å². The minimum atomic E-state index is 0.750. The van der Waals surface area contributed by atoms with Gasteiger partial charge in [0.25, 0.3) is 0 Å². The van der Waals surface area contributed by atoms with Gasteiger partial charge in [-0.25, -0.2) is 0 Å². The van der Waals surface area contributed by atoms with E-state index in [9.17, 15) is 0 Å². The first-order valence-electron chi connectivity index (χ1n) is 14.7. The van der Waals surface area contributed by atoms with E-state index in [1.54, 1.807) is 6.20 Å². The summed E-state index contributed by atoms with van der Waals surface area (Å²) in [4.78, 5) is 4.48. The highest BCUT2D eigenvalue weighted by molar-refractivity contribution is 6.19. The maximum Gasteiger partial charge on any atom is 0.0562 e. The van der Waals surface area contributed by atoms with Crippen molar-refractivity contribution < 1.29 is 0 Å². The summed E-state index contributed by atoms with van der Waals surface area (Å²) in [7, 11) is 0. The van der Waals surface area contributed by atoms with Gasteiger partial charge in [-0.05, 0) is 59.7 Å². The van der Waals surface area contributed by atoms with Gasteiger partial charge < -0.3 is 14.5 Å². The Morgan fingerprint density at radius 3 is 1.61 bits per heavy atom. The number of hydrogen-bond acceptors (Lipinski definition) is 2. The van der Waals surface area contributed by atoms with Gasteiger partial charge >= 0.3 is 0 Å². The normalized spacial score (nSPS) is 12.2. The molecule has 6 aromatic carbocycles. The number of aromatic nitrogens is 2. The topological polar surface area (TPSA) is 46.1 Å². The third-order valence-electron chi connectivity index (χ3n) is 8.33. The fourth-order valence-electron chi connectivity index (χ4n) is 6.31. The zero-order valence-electron chi connectivity index (χ0n) is 23.9. The van der Waals surface area contributed by atoms with Crippen LogP contribution in [0.1, 0.15) is 11.1 Å². The molecule has 0 bridgehead atoms. The first kappa shape index (κ1) is 25.7. The van der Waals surface area contributed by atoms with E-state index in [1.807, 2.05) is 36.5 Å². The van der Waals surface area contributed by atoms with Crippen LogP contribution in [0.4, 0.5) is 0 Å². The van der Waals surface area contributed by atoms with E-state index in [-0.39, 0.29) is 0 Å². The molecule has 1 N–H and O–H groups in total. The number of aliphatic imine (C=N–C) groups is 1. The lowest BCUT2D eigenvalue weighted by Gasteiger charge is -2.11. The zero-order chi connectivity index (χ0) is 29.5. The standard InChI is InChI=1S/C40H28N4/c41-25-30(27-42-26-28-11-3-1-4-12-28)29-19-21-32(22-20-29)44-38-18-10-8-16-34(38)36-23-35-33-15-7-9-17-37(33)43(39(35)24-40(36)44)31-13-5-2-6-14-31/h1-27,41H/b30-27+,41-25?,42-26?. The molecule has 0 spiro atoms. The molecule has 0 aliphatic carbocycles. The fraction of sp³-hybridized carbons (Fsp3) is 0. The molecule has 4 nitrogen and oxygen atoms in total. The summed E-state index contributed by atoms with van der Waals surface area (Å²) in [5.41, 5.74) is 9.62. The van der Waals surface area contributed by atoms with Gasteiger partial charge in [-0.2, -0.15) is 0 Å². The summed E-state index contributed by atoms with van der Waals surface area (Å²) < 4.78 is 4.72. The molecule has 0 aliphatic rings. The van der Waals surface area contributed by atoms with Crippen LogP contribution in [0, 0.1) is 5.41 Å². The Kier molecular flexibility index (Phi) is 6.24. The third kappa shape index (κ3) is 4.24. The average molecular weight is 565 g/mol. The van der Waals surface area contributed by atoms with Gasteiger partial charge in [0.15, 0.2) is 0 Å². The predicted octanol–water partition coefficient (Wildman–Crippen LogP) is 9.99. The fourth-order valence-corrected chi connectivity index (χ4v) is 6.31. The molecule has 0 radical (unpaired) electrons. The summed E-state index contributed by atoms with van der Waals surface area (Å²) in [6.45, 7) is 0. The lowest BCUT2D eigenvalue weighted by molar-refractivity contribution is 1.16. The van der Waals surface area contributed by atoms with E-state index in [1.165, 1.54) is 38.8 Å². The zero-order valence-corrected chi connectivity index (χ0v) is 23.9. The van der Waals surface area contributed by atoms with Crippen LogP contribution in [-0.2, 0) is 0 Å². The number of benzene rings is 6. The molecular weight excluding hydrogens is 536 g/mol. The summed E-state index contributed by atoms with van der Waals surface area (Å²) >= 11 is 0. The molecule has 0 amide bonds. The first-order chi connectivity index (χ1) is 21.8. The predicted molar refractivity (Wildman–Crippen MR) is 186 cm³/mol. The Balaban J connectivity index is 1.30. The van der Waals surface area contributed by atoms with Gasteiger partial charge in [-0.3, -0.25) is 4.99 Å². The molecule has 0 fully saturated rings. The van der Waals surface area contributed by atoms with Crippen LogP contribution >= 0.6 is 0 Å². The summed E-state index contributed by atoms with van der Waals surface area (Å²) in [6.07, 6.45) is 4.91. The van der Waals surface area contributed by atoms with Crippen molar-refractivity contribution in [1.29, 1.82) is 5.41 Å². The second-order valence-electron chi connectivity index (χ2n) is 10.9. The summed E-state index contributed by atoms with van der Waals surface area (Å²) in [6, 6.07) is 51.0. The molecule has 0 aliphatic heterocycles. The van der Waals surface area contributed by atoms with Crippen LogP contribution in [0.5, 0.6) is 0 Å². The smallest absolute Gasteiger partial charge is 0.0562 e. The van der Waals surface area contributed by atoms with Gasteiger partial charge in [-0.15, -0.1) is 0 Å². The average Bonchev–Trinajstić information content (AvgIpc) is 3.59. The number of nitrogens with one attached hydrogen (secondary N) is 1. The lowest BCUT2D eigenvalue weighted by atomic mass is 10.1. The highest BCUT2D eigenvalue weighted by atomic mass is 15.0. The molecule has 4 heteroatoms. The SMILES string of the molecule is N=C/C(=C\N=Cc1ccccc1)c1ccc(-n2c3ccccc3c3cc4c5ccccc5n(-c5ccccc5)c4cc32)cc1. The molecule has 2 aromatic heterocycles. The van der Waals surface area contributed by atoms with Gasteiger partial charge in [-0.1, -0.05) is 97.1 Å². The number of para-hydroxylation sites is 3. The van der Waals surface area contributed by atoms with E-state index < -0.39 is 0 Å². The summed E-state index contributed by atoms with van der Waals surface area (Å²) in [5.74, 6) is 0. The molecular formula is C40H28N4. The molecule has 0 unspecified atom stereocenters. The van der Waals surface area contributed by atoms with Crippen LogP contribution in [-0.4, -0.2) is 21.6 Å². The van der Waals surface area contributed by atoms with E-state index in [0.29, 0.717) is 0 Å². The largest absolute Gasteiger partial charge is 0.309 e. The highest BCUT2D eigenvalue weighted by Gasteiger charge is 2.18. The van der Waals surface area contributed by atoms with Crippen molar-refractivity contribution >= 4 is 61.6 Å². The van der Waals surface area contributed by atoms with Crippen molar-refractivity contribution in [2.75, 3.05) is 0 Å². The molecule has 2 heterocycles. The van der Waals surface area contributed by atoms with E-state index in [2.05, 4.69) is 129 Å². The Morgan fingerprint density at radius 1 is 0.500 bits per heavy atom. The van der Waals surface area contributed by atoms with E-state index in [4.69, 9.17) is 5.41 Å². The number of fused-ring (bicyclic) bond motifs is 6. The van der Waals surface area contributed by atoms with Crippen LogP contribution < -0.4 is 0 Å². The molecule has 208 valence electrons. The third-order valence-corrected chi connectivity index (χ3v) is 8.33. The van der Waals surface area contributed by atoms with Gasteiger partial charge in [0.2, 0.25) is 0 Å². The second-order valence-corrected chi connectivity index (χ2v) is 10.9. The van der Waals surface area contributed by atoms with Crippen molar-refractivity contribution in [3.8, 4) is 11.4 Å². The molecule has 44 heavy (non-hydrogen) atoms. The van der Waals surface area contributed by atoms with E-state index in [0.717, 1.165) is 39.1 Å². The molecule has 8 rings (SSSR count). The van der Waals surface area contributed by atoms with Gasteiger partial charge in [0.05, 0.1) is 22.1 Å². The summed E-state index contributed by atoms with van der Waals surface area (Å²) in [5, 5.41) is 13.0. The monoisotopic (exact) mass is 564 g/mol. The number of rotatable bonds is 6. The van der Waals surface area contributed by atoms with E-state index >= 15 is 0 Å². The Hall–Kier alpha value is -6.00. The molecule has 0 atom stereocenters. The quantitative estimate of drug-likeness (QED) is 0.195. The van der Waals surface area contributed by atoms with Crippen molar-refractivity contribution in [1.82, 2.24) is 9.13 Å². The Bertz CT molecular complexity index is 2370.